The van der Waals surface area contributed by atoms with Gasteiger partial charge in [-0.2, -0.15) is 10.2 Å². The molecule has 4 unspecified atom stereocenters. The van der Waals surface area contributed by atoms with Gasteiger partial charge in [0.2, 0.25) is 0 Å². The minimum Gasteiger partial charge on any atom is -0.464 e. The molecule has 10 heterocycles. The van der Waals surface area contributed by atoms with Crippen LogP contribution in [0.3, 0.4) is 0 Å². The van der Waals surface area contributed by atoms with Gasteiger partial charge >= 0.3 is 5.97 Å². The average molecular weight is 1050 g/mol. The number of benzene rings is 2. The lowest BCUT2D eigenvalue weighted by atomic mass is 9.75. The number of ether oxygens (including phenoxy) is 3. The Hall–Kier alpha value is -5.12. The molecule has 67 heavy (non-hydrogen) atoms. The van der Waals surface area contributed by atoms with Crippen LogP contribution in [-0.4, -0.2) is 81.1 Å². The predicted molar refractivity (Wildman–Crippen MR) is 243 cm³/mol. The third-order valence-electron chi connectivity index (χ3n) is 14.3. The summed E-state index contributed by atoms with van der Waals surface area (Å²) < 4.78 is 53.5. The monoisotopic (exact) mass is 1050 g/mol. The smallest absolute Gasteiger partial charge is 0.358 e. The quantitative estimate of drug-likeness (QED) is 0.123. The Balaban J connectivity index is 0.000000148. The molecule has 2 saturated heterocycles. The van der Waals surface area contributed by atoms with Gasteiger partial charge in [0.15, 0.2) is 23.8 Å². The number of nitrogens with two attached hydrogens (primary N) is 1. The molecular formula is C47H47Br2F2N9O7. The second-order valence-electron chi connectivity index (χ2n) is 18.1. The summed E-state index contributed by atoms with van der Waals surface area (Å²) in [5, 5.41) is 32.1. The first-order valence-corrected chi connectivity index (χ1v) is 24.3. The molecule has 4 N–H and O–H groups in total. The van der Waals surface area contributed by atoms with Crippen molar-refractivity contribution in [2.24, 2.45) is 5.73 Å². The minimum atomic E-state index is -1.17. The average Bonchev–Trinajstić information content (AvgIpc) is 4.10. The Labute approximate surface area is 399 Å². The van der Waals surface area contributed by atoms with Gasteiger partial charge in [-0.1, -0.05) is 0 Å². The molecule has 2 aliphatic carbocycles. The van der Waals surface area contributed by atoms with Crippen molar-refractivity contribution in [3.05, 3.63) is 115 Å². The number of hydrogen-bond donors (Lipinski definition) is 3. The third-order valence-corrected chi connectivity index (χ3v) is 15.6. The van der Waals surface area contributed by atoms with Gasteiger partial charge in [0.05, 0.1) is 38.8 Å². The SMILES string of the molecule is COC(=O)c1nc2n(c1C(O)c1ccnn1C1CCCCO1)C1CC(C1)c1cc(F)c(Br)cc1-2.NC(=O)c1nc2n(c1C(O)c1ccnn1C1CCCCO1)C1CC(C1)c1cc(F)c(Br)cc1-2. The number of esters is 1. The van der Waals surface area contributed by atoms with E-state index in [1.807, 2.05) is 9.13 Å². The van der Waals surface area contributed by atoms with Crippen LogP contribution in [0.15, 0.2) is 57.7 Å². The van der Waals surface area contributed by atoms with Gasteiger partial charge in [-0.3, -0.25) is 4.79 Å². The maximum atomic E-state index is 14.4. The van der Waals surface area contributed by atoms with Crippen LogP contribution in [0.5, 0.6) is 0 Å². The zero-order valence-electron chi connectivity index (χ0n) is 36.3. The highest BCUT2D eigenvalue weighted by atomic mass is 79.9. The fourth-order valence-electron chi connectivity index (χ4n) is 10.9. The molecule has 2 aromatic carbocycles. The maximum absolute atomic E-state index is 14.4. The van der Waals surface area contributed by atoms with E-state index in [2.05, 4.69) is 52.0 Å². The zero-order chi connectivity index (χ0) is 46.4. The van der Waals surface area contributed by atoms with E-state index in [9.17, 15) is 28.6 Å². The lowest BCUT2D eigenvalue weighted by Crippen LogP contribution is -2.28. The van der Waals surface area contributed by atoms with Crippen LogP contribution < -0.4 is 5.73 Å². The van der Waals surface area contributed by atoms with E-state index in [1.54, 1.807) is 58.2 Å². The van der Waals surface area contributed by atoms with Gasteiger partial charge in [-0.15, -0.1) is 0 Å². The van der Waals surface area contributed by atoms with Crippen molar-refractivity contribution in [2.45, 2.75) is 113 Å². The number of amides is 1. The Kier molecular flexibility index (Phi) is 11.6. The number of hydrogen-bond acceptors (Lipinski definition) is 11. The first kappa shape index (κ1) is 44.4. The van der Waals surface area contributed by atoms with Gasteiger partial charge in [0, 0.05) is 48.8 Å². The van der Waals surface area contributed by atoms with Crippen LogP contribution in [0.2, 0.25) is 0 Å². The predicted octanol–water partition coefficient (Wildman–Crippen LogP) is 8.61. The summed E-state index contributed by atoms with van der Waals surface area (Å²) in [6.07, 6.45) is 9.10. The van der Waals surface area contributed by atoms with E-state index in [0.29, 0.717) is 56.6 Å². The molecule has 16 nitrogen and oxygen atoms in total. The Bertz CT molecular complexity index is 2930. The molecule has 350 valence electrons. The number of rotatable bonds is 8. The summed E-state index contributed by atoms with van der Waals surface area (Å²) in [4.78, 5) is 34.5. The second-order valence-corrected chi connectivity index (χ2v) is 19.8. The van der Waals surface area contributed by atoms with E-state index in [4.69, 9.17) is 19.9 Å². The van der Waals surface area contributed by atoms with Crippen molar-refractivity contribution >= 4 is 43.7 Å². The van der Waals surface area contributed by atoms with Crippen molar-refractivity contribution < 1.29 is 42.8 Å². The molecule has 4 fully saturated rings. The largest absolute Gasteiger partial charge is 0.464 e. The van der Waals surface area contributed by atoms with Crippen LogP contribution in [0.1, 0.15) is 168 Å². The number of aliphatic hydroxyl groups excluding tert-OH is 2. The van der Waals surface area contributed by atoms with E-state index in [0.717, 1.165) is 86.5 Å². The van der Waals surface area contributed by atoms with Crippen LogP contribution in [0.25, 0.3) is 22.8 Å². The lowest BCUT2D eigenvalue weighted by Gasteiger charge is -2.36. The highest BCUT2D eigenvalue weighted by Gasteiger charge is 2.45. The Morgan fingerprint density at radius 1 is 0.731 bits per heavy atom. The molecular weight excluding hydrogens is 1000 g/mol. The molecule has 0 radical (unpaired) electrons. The number of halogens is 4. The molecule has 8 aliphatic rings. The van der Waals surface area contributed by atoms with Gasteiger partial charge in [-0.25, -0.2) is 32.9 Å². The molecule has 1 amide bonds. The number of carbonyl (C=O) groups is 2. The summed E-state index contributed by atoms with van der Waals surface area (Å²) in [5.74, 6) is -0.532. The minimum absolute atomic E-state index is 0.0200. The summed E-state index contributed by atoms with van der Waals surface area (Å²) >= 11 is 6.56. The summed E-state index contributed by atoms with van der Waals surface area (Å²) in [6, 6.07) is 10.0. The second kappa shape index (κ2) is 17.4. The van der Waals surface area contributed by atoms with Gasteiger partial charge in [0.25, 0.3) is 5.91 Å². The number of aromatic nitrogens is 8. The summed E-state index contributed by atoms with van der Waals surface area (Å²) in [5.41, 5.74) is 10.8. The summed E-state index contributed by atoms with van der Waals surface area (Å²) in [6.45, 7) is 1.28. The molecule has 6 aliphatic heterocycles. The van der Waals surface area contributed by atoms with Gasteiger partial charge in [0.1, 0.15) is 35.5 Å². The van der Waals surface area contributed by atoms with Crippen molar-refractivity contribution in [1.29, 1.82) is 0 Å². The maximum Gasteiger partial charge on any atom is 0.358 e. The van der Waals surface area contributed by atoms with E-state index >= 15 is 0 Å². The number of aliphatic hydroxyl groups is 2. The van der Waals surface area contributed by atoms with Crippen LogP contribution in [-0.2, 0) is 14.2 Å². The first-order chi connectivity index (χ1) is 32.4. The van der Waals surface area contributed by atoms with Gasteiger partial charge < -0.3 is 39.3 Å². The van der Waals surface area contributed by atoms with Crippen LogP contribution in [0, 0.1) is 11.6 Å². The number of methoxy groups -OCH3 is 1. The highest BCUT2D eigenvalue weighted by molar-refractivity contribution is 9.10. The van der Waals surface area contributed by atoms with Crippen molar-refractivity contribution in [1.82, 2.24) is 38.7 Å². The standard InChI is InChI=1S/C24H24BrFN4O4.C23H23BrFN5O3/c1-33-24(32)20-21(22(31)18-5-6-27-30(18)19-4-2-3-7-34-19)29-13-8-12(9-13)14-11-17(26)16(25)10-15(14)23(29)28-20;24-15-9-14-13(10-16(15)25)11-7-12(8-11)29-20(19(22(26)32)28-23(14)29)21(31)17-4-5-27-30(17)18-3-1-2-6-33-18/h5-6,10-13,19,22,31H,2-4,7-9H2,1H3;4-5,9-12,18,21,31H,1-3,6-8H2,(H2,26,32). The lowest BCUT2D eigenvalue weighted by molar-refractivity contribution is -0.0439. The molecule has 4 bridgehead atoms. The zero-order valence-corrected chi connectivity index (χ0v) is 39.5. The van der Waals surface area contributed by atoms with Crippen LogP contribution >= 0.6 is 31.9 Å². The summed E-state index contributed by atoms with van der Waals surface area (Å²) in [7, 11) is 1.29. The van der Waals surface area contributed by atoms with Crippen molar-refractivity contribution in [3.8, 4) is 22.8 Å². The fraction of sp³-hybridized carbons (Fsp3) is 0.447. The number of imidazole rings is 2. The molecule has 20 heteroatoms. The molecule has 0 spiro atoms. The first-order valence-electron chi connectivity index (χ1n) is 22.7. The molecule has 4 aromatic heterocycles. The number of nitrogens with zero attached hydrogens (tertiary/aromatic N) is 8. The highest BCUT2D eigenvalue weighted by Crippen LogP contribution is 2.56. The Morgan fingerprint density at radius 2 is 1.18 bits per heavy atom. The number of primary amides is 1. The fourth-order valence-corrected chi connectivity index (χ4v) is 11.6. The van der Waals surface area contributed by atoms with E-state index in [1.165, 1.54) is 7.11 Å². The van der Waals surface area contributed by atoms with E-state index < -0.39 is 24.1 Å². The van der Waals surface area contributed by atoms with Crippen LogP contribution in [0.4, 0.5) is 8.78 Å². The van der Waals surface area contributed by atoms with E-state index in [-0.39, 0.29) is 59.4 Å². The molecule has 14 rings (SSSR count). The van der Waals surface area contributed by atoms with Crippen molar-refractivity contribution in [2.75, 3.05) is 20.3 Å². The normalized spacial score (nSPS) is 24.2. The van der Waals surface area contributed by atoms with Gasteiger partial charge in [-0.05, 0) is 155 Å². The molecule has 2 saturated carbocycles. The molecule has 4 atom stereocenters. The number of carbonyl (C=O) groups excluding carboxylic acids is 2. The topological polar surface area (TPSA) is 200 Å². The molecule has 6 aromatic rings. The van der Waals surface area contributed by atoms with Crippen molar-refractivity contribution in [3.63, 3.8) is 0 Å². The third kappa shape index (κ3) is 7.40. The Morgan fingerprint density at radius 3 is 1.60 bits per heavy atom.